The minimum Gasteiger partial charge on any atom is -0.492 e. The number of rotatable bonds is 5. The first-order valence-corrected chi connectivity index (χ1v) is 7.83. The number of pyridine rings is 1. The molecule has 0 aliphatic rings. The number of hydrogen-bond donors (Lipinski definition) is 0. The third-order valence-corrected chi connectivity index (χ3v) is 4.60. The van der Waals surface area contributed by atoms with Crippen molar-refractivity contribution in [1.82, 2.24) is 15.2 Å². The SMILES string of the molecule is CCOc1ccncc1S(=O)(=O)N(C)c1ccc(Cl)nn1. The van der Waals surface area contributed by atoms with Gasteiger partial charge in [-0.25, -0.2) is 8.42 Å². The van der Waals surface area contributed by atoms with E-state index in [1.54, 1.807) is 6.92 Å². The van der Waals surface area contributed by atoms with Crippen molar-refractivity contribution in [3.05, 3.63) is 35.7 Å². The molecule has 0 fully saturated rings. The van der Waals surface area contributed by atoms with Crippen LogP contribution >= 0.6 is 11.6 Å². The van der Waals surface area contributed by atoms with E-state index in [1.165, 1.54) is 37.6 Å². The van der Waals surface area contributed by atoms with Crippen molar-refractivity contribution >= 4 is 27.4 Å². The highest BCUT2D eigenvalue weighted by Gasteiger charge is 2.26. The summed E-state index contributed by atoms with van der Waals surface area (Å²) in [6, 6.07) is 4.42. The molecule has 0 amide bonds. The average molecular weight is 329 g/mol. The van der Waals surface area contributed by atoms with Crippen LogP contribution in [0.3, 0.4) is 0 Å². The summed E-state index contributed by atoms with van der Waals surface area (Å²) in [5.74, 6) is 0.381. The maximum absolute atomic E-state index is 12.6. The van der Waals surface area contributed by atoms with Crippen LogP contribution in [0.5, 0.6) is 5.75 Å². The van der Waals surface area contributed by atoms with E-state index in [4.69, 9.17) is 16.3 Å². The summed E-state index contributed by atoms with van der Waals surface area (Å²) < 4.78 is 31.6. The molecule has 2 aromatic heterocycles. The summed E-state index contributed by atoms with van der Waals surface area (Å²) in [6.07, 6.45) is 2.70. The summed E-state index contributed by atoms with van der Waals surface area (Å²) in [7, 11) is -2.49. The van der Waals surface area contributed by atoms with Crippen molar-refractivity contribution in [1.29, 1.82) is 0 Å². The number of nitrogens with zero attached hydrogens (tertiary/aromatic N) is 4. The molecule has 0 unspecified atom stereocenters. The summed E-state index contributed by atoms with van der Waals surface area (Å²) in [5, 5.41) is 7.56. The number of hydrogen-bond acceptors (Lipinski definition) is 6. The first kappa shape index (κ1) is 15.5. The van der Waals surface area contributed by atoms with E-state index in [0.29, 0.717) is 6.61 Å². The quantitative estimate of drug-likeness (QED) is 0.831. The van der Waals surface area contributed by atoms with Gasteiger partial charge in [0.05, 0.1) is 12.8 Å². The van der Waals surface area contributed by atoms with Gasteiger partial charge in [0.2, 0.25) is 0 Å². The Labute approximate surface area is 127 Å². The molecule has 21 heavy (non-hydrogen) atoms. The summed E-state index contributed by atoms with van der Waals surface area (Å²) in [6.45, 7) is 2.11. The molecule has 0 spiro atoms. The fourth-order valence-electron chi connectivity index (χ4n) is 1.58. The Morgan fingerprint density at radius 3 is 2.67 bits per heavy atom. The Balaban J connectivity index is 2.44. The predicted octanol–water partition coefficient (Wildman–Crippen LogP) is 1.75. The van der Waals surface area contributed by atoms with Gasteiger partial charge in [-0.05, 0) is 25.1 Å². The number of ether oxygens (including phenoxy) is 1. The lowest BCUT2D eigenvalue weighted by molar-refractivity contribution is 0.330. The lowest BCUT2D eigenvalue weighted by Gasteiger charge is -2.19. The number of halogens is 1. The van der Waals surface area contributed by atoms with Crippen LogP contribution in [-0.2, 0) is 10.0 Å². The second kappa shape index (κ2) is 6.23. The maximum Gasteiger partial charge on any atom is 0.270 e. The Bertz CT molecular complexity index is 722. The zero-order valence-corrected chi connectivity index (χ0v) is 13.0. The van der Waals surface area contributed by atoms with E-state index in [1.807, 2.05) is 0 Å². The van der Waals surface area contributed by atoms with E-state index in [2.05, 4.69) is 15.2 Å². The van der Waals surface area contributed by atoms with Crippen LogP contribution in [-0.4, -0.2) is 37.3 Å². The second-order valence-electron chi connectivity index (χ2n) is 3.94. The lowest BCUT2D eigenvalue weighted by atomic mass is 10.4. The Morgan fingerprint density at radius 2 is 2.05 bits per heavy atom. The van der Waals surface area contributed by atoms with Crippen molar-refractivity contribution < 1.29 is 13.2 Å². The van der Waals surface area contributed by atoms with Crippen molar-refractivity contribution in [3.8, 4) is 5.75 Å². The van der Waals surface area contributed by atoms with Crippen LogP contribution in [0, 0.1) is 0 Å². The first-order valence-electron chi connectivity index (χ1n) is 6.01. The first-order chi connectivity index (χ1) is 9.96. The van der Waals surface area contributed by atoms with Gasteiger partial charge in [-0.1, -0.05) is 11.6 Å². The van der Waals surface area contributed by atoms with Crippen LogP contribution in [0.25, 0.3) is 0 Å². The van der Waals surface area contributed by atoms with Gasteiger partial charge in [-0.3, -0.25) is 9.29 Å². The van der Waals surface area contributed by atoms with Gasteiger partial charge < -0.3 is 4.74 Å². The minimum atomic E-state index is -3.86. The molecule has 0 radical (unpaired) electrons. The fourth-order valence-corrected chi connectivity index (χ4v) is 2.90. The molecule has 0 aliphatic heterocycles. The third-order valence-electron chi connectivity index (χ3n) is 2.63. The number of anilines is 1. The standard InChI is InChI=1S/C12H13ClN4O3S/c1-3-20-9-6-7-14-8-10(9)21(18,19)17(2)12-5-4-11(13)15-16-12/h4-8H,3H2,1-2H3. The van der Waals surface area contributed by atoms with Gasteiger partial charge >= 0.3 is 0 Å². The van der Waals surface area contributed by atoms with Gasteiger partial charge in [0.25, 0.3) is 10.0 Å². The monoisotopic (exact) mass is 328 g/mol. The van der Waals surface area contributed by atoms with Gasteiger partial charge in [0.15, 0.2) is 11.0 Å². The molecule has 0 aliphatic carbocycles. The lowest BCUT2D eigenvalue weighted by Crippen LogP contribution is -2.28. The molecule has 0 atom stereocenters. The minimum absolute atomic E-state index is 0.0360. The maximum atomic E-state index is 12.6. The highest BCUT2D eigenvalue weighted by Crippen LogP contribution is 2.27. The molecule has 2 heterocycles. The summed E-state index contributed by atoms with van der Waals surface area (Å²) >= 11 is 5.64. The van der Waals surface area contributed by atoms with Crippen molar-refractivity contribution in [2.75, 3.05) is 18.0 Å². The summed E-state index contributed by atoms with van der Waals surface area (Å²) in [4.78, 5) is 3.81. The van der Waals surface area contributed by atoms with Crippen molar-refractivity contribution in [3.63, 3.8) is 0 Å². The number of sulfonamides is 1. The molecule has 9 heteroatoms. The van der Waals surface area contributed by atoms with E-state index < -0.39 is 10.0 Å². The van der Waals surface area contributed by atoms with Crippen LogP contribution in [0.1, 0.15) is 6.92 Å². The molecule has 112 valence electrons. The highest BCUT2D eigenvalue weighted by atomic mass is 35.5. The number of aromatic nitrogens is 3. The van der Waals surface area contributed by atoms with Crippen LogP contribution in [0.15, 0.2) is 35.5 Å². The predicted molar refractivity (Wildman–Crippen MR) is 78.0 cm³/mol. The molecule has 0 bridgehead atoms. The Morgan fingerprint density at radius 1 is 1.29 bits per heavy atom. The molecule has 0 aromatic carbocycles. The normalized spacial score (nSPS) is 11.2. The largest absolute Gasteiger partial charge is 0.492 e. The van der Waals surface area contributed by atoms with Crippen LogP contribution in [0.2, 0.25) is 5.15 Å². The zero-order valence-electron chi connectivity index (χ0n) is 11.4. The average Bonchev–Trinajstić information content (AvgIpc) is 2.48. The highest BCUT2D eigenvalue weighted by molar-refractivity contribution is 7.92. The molecule has 2 rings (SSSR count). The third kappa shape index (κ3) is 3.22. The van der Waals surface area contributed by atoms with Gasteiger partial charge in [0.1, 0.15) is 10.6 Å². The van der Waals surface area contributed by atoms with E-state index in [-0.39, 0.29) is 21.6 Å². The molecule has 7 nitrogen and oxygen atoms in total. The topological polar surface area (TPSA) is 85.3 Å². The molecule has 0 N–H and O–H groups in total. The Kier molecular flexibility index (Phi) is 4.59. The van der Waals surface area contributed by atoms with Crippen LogP contribution in [0.4, 0.5) is 5.82 Å². The molecule has 0 saturated heterocycles. The van der Waals surface area contributed by atoms with Gasteiger partial charge in [-0.2, -0.15) is 0 Å². The molecular formula is C12H13ClN4O3S. The second-order valence-corrected chi connectivity index (χ2v) is 6.27. The van der Waals surface area contributed by atoms with Crippen molar-refractivity contribution in [2.45, 2.75) is 11.8 Å². The zero-order chi connectivity index (χ0) is 15.5. The van der Waals surface area contributed by atoms with Gasteiger partial charge in [-0.15, -0.1) is 10.2 Å². The van der Waals surface area contributed by atoms with E-state index >= 15 is 0 Å². The molecular weight excluding hydrogens is 316 g/mol. The van der Waals surface area contributed by atoms with E-state index in [9.17, 15) is 8.42 Å². The van der Waals surface area contributed by atoms with Crippen molar-refractivity contribution in [2.24, 2.45) is 0 Å². The summed E-state index contributed by atoms with van der Waals surface area (Å²) in [5.41, 5.74) is 0. The Hall–Kier alpha value is -1.93. The van der Waals surface area contributed by atoms with Crippen LogP contribution < -0.4 is 9.04 Å². The molecule has 2 aromatic rings. The van der Waals surface area contributed by atoms with E-state index in [0.717, 1.165) is 4.31 Å². The smallest absolute Gasteiger partial charge is 0.270 e. The molecule has 0 saturated carbocycles. The fraction of sp³-hybridized carbons (Fsp3) is 0.250. The van der Waals surface area contributed by atoms with Gasteiger partial charge in [0, 0.05) is 13.2 Å².